The number of hydrogen-bond acceptors (Lipinski definition) is 4. The van der Waals surface area contributed by atoms with E-state index in [1.54, 1.807) is 24.3 Å². The monoisotopic (exact) mass is 357 g/mol. The van der Waals surface area contributed by atoms with E-state index in [1.165, 1.54) is 10.4 Å². The number of nitriles is 2. The van der Waals surface area contributed by atoms with Crippen molar-refractivity contribution in [2.45, 2.75) is 38.6 Å². The van der Waals surface area contributed by atoms with E-state index in [0.717, 1.165) is 5.56 Å². The number of nitrogens with zero attached hydrogens (tertiary/aromatic N) is 3. The predicted octanol–water partition coefficient (Wildman–Crippen LogP) is 3.25. The van der Waals surface area contributed by atoms with E-state index in [9.17, 15) is 18.9 Å². The van der Waals surface area contributed by atoms with Crippen molar-refractivity contribution in [2.24, 2.45) is 16.7 Å². The van der Waals surface area contributed by atoms with E-state index in [-0.39, 0.29) is 11.4 Å². The Morgan fingerprint density at radius 2 is 1.76 bits per heavy atom. The van der Waals surface area contributed by atoms with Crippen LogP contribution in [0.2, 0.25) is 0 Å². The van der Waals surface area contributed by atoms with Crippen molar-refractivity contribution in [1.82, 2.24) is 4.31 Å². The molecule has 1 saturated heterocycles. The first kappa shape index (κ1) is 19.2. The number of sulfonamides is 1. The third-order valence-electron chi connectivity index (χ3n) is 4.78. The molecule has 0 unspecified atom stereocenters. The van der Waals surface area contributed by atoms with Crippen LogP contribution in [0.25, 0.3) is 0 Å². The summed E-state index contributed by atoms with van der Waals surface area (Å²) in [6, 6.07) is 10.0. The molecule has 6 heteroatoms. The zero-order valence-electron chi connectivity index (χ0n) is 15.0. The van der Waals surface area contributed by atoms with E-state index in [0.29, 0.717) is 0 Å². The zero-order valence-corrected chi connectivity index (χ0v) is 15.8. The van der Waals surface area contributed by atoms with Crippen LogP contribution in [0.1, 0.15) is 26.3 Å². The second kappa shape index (κ2) is 6.29. The minimum absolute atomic E-state index is 0.0722. The molecule has 0 N–H and O–H groups in total. The van der Waals surface area contributed by atoms with Crippen molar-refractivity contribution in [1.29, 1.82) is 10.5 Å². The molecule has 25 heavy (non-hydrogen) atoms. The Morgan fingerprint density at radius 1 is 1.24 bits per heavy atom. The lowest BCUT2D eigenvalue weighted by Crippen LogP contribution is -2.50. The highest BCUT2D eigenvalue weighted by molar-refractivity contribution is 7.89. The van der Waals surface area contributed by atoms with Gasteiger partial charge in [0.15, 0.2) is 5.41 Å². The van der Waals surface area contributed by atoms with Gasteiger partial charge in [0.1, 0.15) is 0 Å². The molecule has 2 rings (SSSR count). The lowest BCUT2D eigenvalue weighted by Gasteiger charge is -2.39. The fraction of sp³-hybridized carbons (Fsp3) is 0.474. The molecule has 1 aromatic carbocycles. The topological polar surface area (TPSA) is 85.0 Å². The standard InChI is InChI=1S/C19H23N3O2S/c1-6-15-11-22(17(18(3,4)5)19(15,12-20)13-21)25(23,24)16-9-7-14(2)8-10-16/h6-10,15,17H,1,11H2,2-5H3/t15-,17+/m1/s1. The molecule has 0 aliphatic carbocycles. The zero-order chi connectivity index (χ0) is 19.0. The predicted molar refractivity (Wildman–Crippen MR) is 95.7 cm³/mol. The van der Waals surface area contributed by atoms with Crippen LogP contribution in [0.3, 0.4) is 0 Å². The van der Waals surface area contributed by atoms with Gasteiger partial charge in [-0.1, -0.05) is 44.5 Å². The van der Waals surface area contributed by atoms with Gasteiger partial charge in [0.2, 0.25) is 10.0 Å². The summed E-state index contributed by atoms with van der Waals surface area (Å²) in [4.78, 5) is 0.168. The summed E-state index contributed by atoms with van der Waals surface area (Å²) in [6.07, 6.45) is 1.52. The summed E-state index contributed by atoms with van der Waals surface area (Å²) in [5.74, 6) is -0.549. The van der Waals surface area contributed by atoms with Crippen LogP contribution >= 0.6 is 0 Å². The van der Waals surface area contributed by atoms with Gasteiger partial charge < -0.3 is 0 Å². The van der Waals surface area contributed by atoms with Gasteiger partial charge in [-0.3, -0.25) is 0 Å². The molecule has 1 aliphatic heterocycles. The quantitative estimate of drug-likeness (QED) is 0.777. The number of rotatable bonds is 3. The smallest absolute Gasteiger partial charge is 0.207 e. The van der Waals surface area contributed by atoms with Gasteiger partial charge in [-0.2, -0.15) is 14.8 Å². The first-order valence-electron chi connectivity index (χ1n) is 8.08. The molecular weight excluding hydrogens is 334 g/mol. The van der Waals surface area contributed by atoms with E-state index in [2.05, 4.69) is 18.7 Å². The molecule has 0 aromatic heterocycles. The van der Waals surface area contributed by atoms with Crippen LogP contribution in [0.15, 0.2) is 41.8 Å². The summed E-state index contributed by atoms with van der Waals surface area (Å²) in [5.41, 5.74) is -1.10. The molecule has 0 bridgehead atoms. The lowest BCUT2D eigenvalue weighted by atomic mass is 9.67. The second-order valence-electron chi connectivity index (χ2n) is 7.59. The van der Waals surface area contributed by atoms with Crippen LogP contribution in [0, 0.1) is 46.3 Å². The average Bonchev–Trinajstić information content (AvgIpc) is 2.91. The Labute approximate surface area is 150 Å². The van der Waals surface area contributed by atoms with E-state index in [4.69, 9.17) is 0 Å². The van der Waals surface area contributed by atoms with Gasteiger partial charge in [-0.25, -0.2) is 8.42 Å². The fourth-order valence-electron chi connectivity index (χ4n) is 3.64. The number of hydrogen-bond donors (Lipinski definition) is 0. The molecule has 0 radical (unpaired) electrons. The third kappa shape index (κ3) is 2.97. The Hall–Kier alpha value is -2.15. The van der Waals surface area contributed by atoms with Gasteiger partial charge in [0.05, 0.1) is 23.1 Å². The van der Waals surface area contributed by atoms with Crippen molar-refractivity contribution < 1.29 is 8.42 Å². The number of benzene rings is 1. The maximum atomic E-state index is 13.3. The molecular formula is C19H23N3O2S. The Bertz CT molecular complexity index is 838. The fourth-order valence-corrected chi connectivity index (χ4v) is 5.51. The second-order valence-corrected chi connectivity index (χ2v) is 9.48. The van der Waals surface area contributed by atoms with Crippen molar-refractivity contribution in [2.75, 3.05) is 6.54 Å². The molecule has 1 aromatic rings. The minimum atomic E-state index is -3.84. The summed E-state index contributed by atoms with van der Waals surface area (Å²) in [7, 11) is -3.84. The molecule has 1 fully saturated rings. The van der Waals surface area contributed by atoms with Crippen LogP contribution in [0.5, 0.6) is 0 Å². The summed E-state index contributed by atoms with van der Waals surface area (Å²) < 4.78 is 27.8. The molecule has 1 heterocycles. The van der Waals surface area contributed by atoms with Crippen LogP contribution < -0.4 is 0 Å². The summed E-state index contributed by atoms with van der Waals surface area (Å²) in [6.45, 7) is 11.2. The van der Waals surface area contributed by atoms with Crippen molar-refractivity contribution in [3.63, 3.8) is 0 Å². The van der Waals surface area contributed by atoms with Crippen LogP contribution in [0.4, 0.5) is 0 Å². The van der Waals surface area contributed by atoms with Gasteiger partial charge in [-0.05, 0) is 24.5 Å². The largest absolute Gasteiger partial charge is 0.243 e. The van der Waals surface area contributed by atoms with E-state index >= 15 is 0 Å². The maximum absolute atomic E-state index is 13.3. The molecule has 0 saturated carbocycles. The Balaban J connectivity index is 2.68. The number of aryl methyl sites for hydroxylation is 1. The Morgan fingerprint density at radius 3 is 2.16 bits per heavy atom. The first-order chi connectivity index (χ1) is 11.5. The molecule has 132 valence electrons. The highest BCUT2D eigenvalue weighted by atomic mass is 32.2. The van der Waals surface area contributed by atoms with Crippen LogP contribution in [-0.4, -0.2) is 25.3 Å². The average molecular weight is 357 g/mol. The highest BCUT2D eigenvalue weighted by Gasteiger charge is 2.61. The van der Waals surface area contributed by atoms with Crippen molar-refractivity contribution in [3.8, 4) is 12.1 Å². The van der Waals surface area contributed by atoms with Gasteiger partial charge in [-0.15, -0.1) is 6.58 Å². The summed E-state index contributed by atoms with van der Waals surface area (Å²) in [5, 5.41) is 19.6. The molecule has 0 amide bonds. The molecule has 1 aliphatic rings. The van der Waals surface area contributed by atoms with Gasteiger partial charge in [0.25, 0.3) is 0 Å². The van der Waals surface area contributed by atoms with Crippen molar-refractivity contribution >= 4 is 10.0 Å². The normalized spacial score (nSPS) is 23.6. The maximum Gasteiger partial charge on any atom is 0.243 e. The Kier molecular flexibility index (Phi) is 4.83. The van der Waals surface area contributed by atoms with E-state index < -0.39 is 32.8 Å². The molecule has 5 nitrogen and oxygen atoms in total. The third-order valence-corrected chi connectivity index (χ3v) is 6.63. The molecule has 0 spiro atoms. The van der Waals surface area contributed by atoms with Gasteiger partial charge >= 0.3 is 0 Å². The van der Waals surface area contributed by atoms with Crippen LogP contribution in [-0.2, 0) is 10.0 Å². The highest BCUT2D eigenvalue weighted by Crippen LogP contribution is 2.50. The van der Waals surface area contributed by atoms with E-state index in [1.807, 2.05) is 27.7 Å². The summed E-state index contributed by atoms with van der Waals surface area (Å²) >= 11 is 0. The lowest BCUT2D eigenvalue weighted by molar-refractivity contribution is 0.161. The van der Waals surface area contributed by atoms with Crippen molar-refractivity contribution in [3.05, 3.63) is 42.5 Å². The molecule has 2 atom stereocenters. The minimum Gasteiger partial charge on any atom is -0.207 e. The first-order valence-corrected chi connectivity index (χ1v) is 9.52. The SMILES string of the molecule is C=C[C@@H]1CN(S(=O)(=O)c2ccc(C)cc2)[C@@H](C(C)(C)C)C1(C#N)C#N. The van der Waals surface area contributed by atoms with Gasteiger partial charge in [0, 0.05) is 12.5 Å².